The van der Waals surface area contributed by atoms with Crippen molar-refractivity contribution in [3.05, 3.63) is 55.1 Å². The predicted molar refractivity (Wildman–Crippen MR) is 66.5 cm³/mol. The number of benzene rings is 1. The number of rotatable bonds is 1. The Bertz CT molecular complexity index is 272. The summed E-state index contributed by atoms with van der Waals surface area (Å²) in [5.74, 6) is 0. The van der Waals surface area contributed by atoms with Crippen LogP contribution in [0.2, 0.25) is 0 Å². The first kappa shape index (κ1) is 12.7. The maximum absolute atomic E-state index is 3.72. The van der Waals surface area contributed by atoms with Gasteiger partial charge in [0.2, 0.25) is 0 Å². The van der Waals surface area contributed by atoms with Gasteiger partial charge in [0, 0.05) is 0 Å². The summed E-state index contributed by atoms with van der Waals surface area (Å²) in [7, 11) is 0. The van der Waals surface area contributed by atoms with Crippen LogP contribution in [0.15, 0.2) is 44.0 Å². The van der Waals surface area contributed by atoms with E-state index >= 15 is 0 Å². The molecule has 0 N–H and O–H groups in total. The molecule has 0 fully saturated rings. The topological polar surface area (TPSA) is 0 Å². The Hall–Kier alpha value is -1.30. The fraction of sp³-hybridized carbons (Fsp3) is 0.286. The van der Waals surface area contributed by atoms with Crippen molar-refractivity contribution in [3.63, 3.8) is 0 Å². The number of hydrogen-bond acceptors (Lipinski definition) is 0. The molecule has 0 heterocycles. The van der Waals surface area contributed by atoms with Gasteiger partial charge in [-0.1, -0.05) is 57.7 Å². The minimum Gasteiger partial charge on any atom is -0.106 e. The van der Waals surface area contributed by atoms with Crippen LogP contribution in [0.5, 0.6) is 0 Å². The Kier molecular flexibility index (Phi) is 4.93. The van der Waals surface area contributed by atoms with E-state index in [-0.39, 0.29) is 5.41 Å². The van der Waals surface area contributed by atoms with Gasteiger partial charge in [0.05, 0.1) is 0 Å². The molecule has 0 nitrogen and oxygen atoms in total. The van der Waals surface area contributed by atoms with Gasteiger partial charge in [-0.05, 0) is 16.5 Å². The Morgan fingerprint density at radius 3 is 1.71 bits per heavy atom. The van der Waals surface area contributed by atoms with E-state index in [1.807, 2.05) is 6.08 Å². The quantitative estimate of drug-likeness (QED) is 0.572. The summed E-state index contributed by atoms with van der Waals surface area (Å²) in [6.07, 6.45) is 1.87. The van der Waals surface area contributed by atoms with Gasteiger partial charge >= 0.3 is 0 Å². The largest absolute Gasteiger partial charge is 0.106 e. The highest BCUT2D eigenvalue weighted by atomic mass is 14.2. The summed E-state index contributed by atoms with van der Waals surface area (Å²) >= 11 is 0. The molecular weight excluding hydrogens is 168 g/mol. The molecule has 0 aliphatic carbocycles. The molecule has 76 valence electrons. The normalized spacial score (nSPS) is 9.93. The molecule has 0 heteroatoms. The molecule has 0 saturated carbocycles. The second-order valence-electron chi connectivity index (χ2n) is 4.08. The Balaban J connectivity index is 0.000000791. The molecule has 14 heavy (non-hydrogen) atoms. The average Bonchev–Trinajstić information content (AvgIpc) is 2.20. The Labute approximate surface area is 88.0 Å². The van der Waals surface area contributed by atoms with Crippen molar-refractivity contribution in [1.29, 1.82) is 0 Å². The van der Waals surface area contributed by atoms with Crippen molar-refractivity contribution in [2.75, 3.05) is 0 Å². The fourth-order valence-electron chi connectivity index (χ4n) is 1.12. The van der Waals surface area contributed by atoms with Crippen LogP contribution >= 0.6 is 0 Å². The van der Waals surface area contributed by atoms with Crippen molar-refractivity contribution in [2.24, 2.45) is 0 Å². The van der Waals surface area contributed by atoms with Crippen molar-refractivity contribution >= 4 is 6.08 Å². The van der Waals surface area contributed by atoms with Crippen LogP contribution in [0.4, 0.5) is 0 Å². The van der Waals surface area contributed by atoms with Crippen LogP contribution in [0, 0.1) is 0 Å². The third-order valence-corrected chi connectivity index (χ3v) is 2.01. The molecule has 1 aromatic carbocycles. The van der Waals surface area contributed by atoms with Crippen LogP contribution in [-0.4, -0.2) is 0 Å². The van der Waals surface area contributed by atoms with Gasteiger partial charge in [-0.3, -0.25) is 0 Å². The van der Waals surface area contributed by atoms with E-state index in [4.69, 9.17) is 0 Å². The fourth-order valence-corrected chi connectivity index (χ4v) is 1.12. The standard InChI is InChI=1S/C12H16.C2H4/c1-5-10-6-8-11(9-7-10)12(2,3)4;1-2/h5-9H,1H2,2-4H3;1-2H2. The second-order valence-corrected chi connectivity index (χ2v) is 4.08. The molecule has 0 saturated heterocycles. The van der Waals surface area contributed by atoms with E-state index in [9.17, 15) is 0 Å². The highest BCUT2D eigenvalue weighted by Crippen LogP contribution is 2.22. The number of hydrogen-bond donors (Lipinski definition) is 0. The summed E-state index contributed by atoms with van der Waals surface area (Å²) in [6.45, 7) is 16.4. The molecule has 0 aliphatic rings. The van der Waals surface area contributed by atoms with E-state index in [1.54, 1.807) is 0 Å². The molecule has 0 bridgehead atoms. The third-order valence-electron chi connectivity index (χ3n) is 2.01. The third kappa shape index (κ3) is 3.61. The van der Waals surface area contributed by atoms with Crippen LogP contribution in [0.25, 0.3) is 6.08 Å². The van der Waals surface area contributed by atoms with Crippen LogP contribution < -0.4 is 0 Å². The van der Waals surface area contributed by atoms with E-state index in [1.165, 1.54) is 11.1 Å². The van der Waals surface area contributed by atoms with Gasteiger partial charge in [0.15, 0.2) is 0 Å². The lowest BCUT2D eigenvalue weighted by Gasteiger charge is -2.18. The zero-order valence-corrected chi connectivity index (χ0v) is 9.51. The molecule has 1 aromatic rings. The van der Waals surface area contributed by atoms with Gasteiger partial charge in [0.25, 0.3) is 0 Å². The maximum atomic E-state index is 3.72. The van der Waals surface area contributed by atoms with E-state index < -0.39 is 0 Å². The molecular formula is C14H20. The lowest BCUT2D eigenvalue weighted by molar-refractivity contribution is 0.590. The highest BCUT2D eigenvalue weighted by Gasteiger charge is 2.12. The maximum Gasteiger partial charge on any atom is -0.0132 e. The van der Waals surface area contributed by atoms with Gasteiger partial charge in [-0.2, -0.15) is 0 Å². The average molecular weight is 188 g/mol. The highest BCUT2D eigenvalue weighted by molar-refractivity contribution is 5.47. The second kappa shape index (κ2) is 5.43. The van der Waals surface area contributed by atoms with Crippen LogP contribution in [0.1, 0.15) is 31.9 Å². The van der Waals surface area contributed by atoms with E-state index in [2.05, 4.69) is 64.8 Å². The van der Waals surface area contributed by atoms with Crippen molar-refractivity contribution in [2.45, 2.75) is 26.2 Å². The lowest BCUT2D eigenvalue weighted by Crippen LogP contribution is -2.10. The summed E-state index contributed by atoms with van der Waals surface area (Å²) in [6, 6.07) is 8.54. The summed E-state index contributed by atoms with van der Waals surface area (Å²) in [5, 5.41) is 0. The SMILES string of the molecule is C=C.C=Cc1ccc(C(C)(C)C)cc1. The monoisotopic (exact) mass is 188 g/mol. The molecule has 1 rings (SSSR count). The molecule has 0 aromatic heterocycles. The first-order valence-corrected chi connectivity index (χ1v) is 4.77. The summed E-state index contributed by atoms with van der Waals surface area (Å²) in [5.41, 5.74) is 2.80. The van der Waals surface area contributed by atoms with Crippen LogP contribution in [-0.2, 0) is 5.41 Å². The van der Waals surface area contributed by atoms with Crippen molar-refractivity contribution < 1.29 is 0 Å². The minimum atomic E-state index is 0.250. The Morgan fingerprint density at radius 2 is 1.43 bits per heavy atom. The first-order valence-electron chi connectivity index (χ1n) is 4.77. The molecule has 0 atom stereocenters. The molecule has 0 unspecified atom stereocenters. The zero-order chi connectivity index (χ0) is 11.2. The van der Waals surface area contributed by atoms with Crippen molar-refractivity contribution in [3.8, 4) is 0 Å². The molecule has 0 amide bonds. The van der Waals surface area contributed by atoms with Gasteiger partial charge < -0.3 is 0 Å². The van der Waals surface area contributed by atoms with Gasteiger partial charge in [-0.25, -0.2) is 0 Å². The van der Waals surface area contributed by atoms with E-state index in [0.717, 1.165) is 0 Å². The predicted octanol–water partition coefficient (Wildman–Crippen LogP) is 4.43. The summed E-state index contributed by atoms with van der Waals surface area (Å²) < 4.78 is 0. The molecule has 0 radical (unpaired) electrons. The Morgan fingerprint density at radius 1 is 1.00 bits per heavy atom. The zero-order valence-electron chi connectivity index (χ0n) is 9.51. The van der Waals surface area contributed by atoms with E-state index in [0.29, 0.717) is 0 Å². The molecule has 0 spiro atoms. The summed E-state index contributed by atoms with van der Waals surface area (Å²) in [4.78, 5) is 0. The lowest BCUT2D eigenvalue weighted by atomic mass is 9.87. The van der Waals surface area contributed by atoms with Crippen molar-refractivity contribution in [1.82, 2.24) is 0 Å². The van der Waals surface area contributed by atoms with Gasteiger partial charge in [0.1, 0.15) is 0 Å². The van der Waals surface area contributed by atoms with Crippen LogP contribution in [0.3, 0.4) is 0 Å². The first-order chi connectivity index (χ1) is 6.54. The van der Waals surface area contributed by atoms with Gasteiger partial charge in [-0.15, -0.1) is 13.2 Å². The minimum absolute atomic E-state index is 0.250. The smallest absolute Gasteiger partial charge is 0.0132 e. The molecule has 0 aliphatic heterocycles.